The summed E-state index contributed by atoms with van der Waals surface area (Å²) in [5.74, 6) is -0.0789. The molecule has 3 nitrogen and oxygen atoms in total. The maximum Gasteiger partial charge on any atom is 0.258 e. The van der Waals surface area contributed by atoms with E-state index in [1.54, 1.807) is 17.5 Å². The molecule has 0 radical (unpaired) electrons. The van der Waals surface area contributed by atoms with Gasteiger partial charge in [0, 0.05) is 11.1 Å². The van der Waals surface area contributed by atoms with Crippen LogP contribution in [0.4, 0.5) is 5.69 Å². The molecule has 0 aliphatic carbocycles. The fourth-order valence-corrected chi connectivity index (χ4v) is 2.65. The van der Waals surface area contributed by atoms with E-state index < -0.39 is 0 Å². The van der Waals surface area contributed by atoms with Crippen LogP contribution in [0.25, 0.3) is 11.6 Å². The first-order valence-electron chi connectivity index (χ1n) is 5.27. The number of aryl methyl sites for hydroxylation is 1. The Hall–Kier alpha value is -1.94. The summed E-state index contributed by atoms with van der Waals surface area (Å²) in [6.07, 6.45) is 3.60. The second-order valence-electron chi connectivity index (χ2n) is 3.94. The standard InChI is InChI=1S/C13H10N2OS/c1-8-5-9(17-7-8)6-10-12-11(15-13(10)16)3-2-4-14-12/h2-7H,1H3,(H,15,16). The summed E-state index contributed by atoms with van der Waals surface area (Å²) in [7, 11) is 0. The molecule has 1 aliphatic heterocycles. The molecule has 3 rings (SSSR count). The van der Waals surface area contributed by atoms with Gasteiger partial charge in [0.25, 0.3) is 5.91 Å². The normalized spacial score (nSPS) is 16.1. The minimum absolute atomic E-state index is 0.0789. The van der Waals surface area contributed by atoms with Crippen LogP contribution in [0.2, 0.25) is 0 Å². The molecule has 1 aliphatic rings. The zero-order valence-electron chi connectivity index (χ0n) is 9.23. The van der Waals surface area contributed by atoms with Crippen LogP contribution in [-0.4, -0.2) is 10.9 Å². The lowest BCUT2D eigenvalue weighted by Gasteiger charge is -1.94. The number of hydrogen-bond donors (Lipinski definition) is 1. The lowest BCUT2D eigenvalue weighted by atomic mass is 10.1. The van der Waals surface area contributed by atoms with Crippen molar-refractivity contribution in [3.05, 3.63) is 45.9 Å². The maximum atomic E-state index is 11.8. The summed E-state index contributed by atoms with van der Waals surface area (Å²) in [4.78, 5) is 17.1. The Morgan fingerprint density at radius 3 is 3.12 bits per heavy atom. The smallest absolute Gasteiger partial charge is 0.258 e. The van der Waals surface area contributed by atoms with Crippen molar-refractivity contribution in [1.29, 1.82) is 0 Å². The Bertz CT molecular complexity index is 628. The first-order chi connectivity index (χ1) is 8.24. The number of pyridine rings is 1. The minimum Gasteiger partial charge on any atom is -0.320 e. The molecule has 4 heteroatoms. The van der Waals surface area contributed by atoms with E-state index in [0.29, 0.717) is 5.57 Å². The van der Waals surface area contributed by atoms with Gasteiger partial charge in [0.05, 0.1) is 17.0 Å². The molecule has 2 aromatic rings. The van der Waals surface area contributed by atoms with E-state index in [0.717, 1.165) is 16.3 Å². The predicted molar refractivity (Wildman–Crippen MR) is 69.8 cm³/mol. The van der Waals surface area contributed by atoms with Crippen LogP contribution in [0.1, 0.15) is 16.1 Å². The highest BCUT2D eigenvalue weighted by molar-refractivity contribution is 7.11. The third kappa shape index (κ3) is 1.76. The SMILES string of the molecule is Cc1csc(C=C2C(=O)Nc3cccnc32)c1. The van der Waals surface area contributed by atoms with Crippen LogP contribution < -0.4 is 5.32 Å². The highest BCUT2D eigenvalue weighted by Gasteiger charge is 2.24. The molecule has 2 aromatic heterocycles. The molecule has 0 atom stereocenters. The average Bonchev–Trinajstić information content (AvgIpc) is 2.85. The minimum atomic E-state index is -0.0789. The molecular weight excluding hydrogens is 232 g/mol. The van der Waals surface area contributed by atoms with Crippen molar-refractivity contribution in [2.45, 2.75) is 6.92 Å². The van der Waals surface area contributed by atoms with Gasteiger partial charge >= 0.3 is 0 Å². The molecule has 1 amide bonds. The van der Waals surface area contributed by atoms with Gasteiger partial charge < -0.3 is 5.32 Å². The largest absolute Gasteiger partial charge is 0.320 e. The molecule has 0 aromatic carbocycles. The van der Waals surface area contributed by atoms with Gasteiger partial charge in [-0.3, -0.25) is 9.78 Å². The number of nitrogens with zero attached hydrogens (tertiary/aromatic N) is 1. The second kappa shape index (κ2) is 3.82. The fourth-order valence-electron chi connectivity index (χ4n) is 1.82. The third-order valence-electron chi connectivity index (χ3n) is 2.59. The summed E-state index contributed by atoms with van der Waals surface area (Å²) in [6.45, 7) is 2.04. The molecule has 0 fully saturated rings. The van der Waals surface area contributed by atoms with Gasteiger partial charge in [0.15, 0.2) is 0 Å². The van der Waals surface area contributed by atoms with E-state index in [4.69, 9.17) is 0 Å². The molecule has 3 heterocycles. The lowest BCUT2D eigenvalue weighted by molar-refractivity contribution is -0.110. The van der Waals surface area contributed by atoms with Crippen molar-refractivity contribution in [1.82, 2.24) is 4.98 Å². The van der Waals surface area contributed by atoms with Crippen molar-refractivity contribution in [2.75, 3.05) is 5.32 Å². The summed E-state index contributed by atoms with van der Waals surface area (Å²) < 4.78 is 0. The molecule has 0 saturated carbocycles. The van der Waals surface area contributed by atoms with Crippen molar-refractivity contribution in [2.24, 2.45) is 0 Å². The maximum absolute atomic E-state index is 11.8. The number of anilines is 1. The van der Waals surface area contributed by atoms with E-state index in [1.165, 1.54) is 5.56 Å². The number of rotatable bonds is 1. The van der Waals surface area contributed by atoms with E-state index in [-0.39, 0.29) is 5.91 Å². The molecule has 0 saturated heterocycles. The molecule has 17 heavy (non-hydrogen) atoms. The fraction of sp³-hybridized carbons (Fsp3) is 0.0769. The number of nitrogens with one attached hydrogen (secondary N) is 1. The van der Waals surface area contributed by atoms with Gasteiger partial charge in [0.2, 0.25) is 0 Å². The lowest BCUT2D eigenvalue weighted by Crippen LogP contribution is -2.03. The van der Waals surface area contributed by atoms with Crippen LogP contribution in [0.15, 0.2) is 29.8 Å². The Morgan fingerprint density at radius 1 is 1.47 bits per heavy atom. The summed E-state index contributed by atoms with van der Waals surface area (Å²) in [5.41, 5.74) is 3.38. The van der Waals surface area contributed by atoms with Crippen LogP contribution in [0, 0.1) is 6.92 Å². The van der Waals surface area contributed by atoms with E-state index in [2.05, 4.69) is 21.7 Å². The average molecular weight is 242 g/mol. The Morgan fingerprint density at radius 2 is 2.35 bits per heavy atom. The highest BCUT2D eigenvalue weighted by atomic mass is 32.1. The van der Waals surface area contributed by atoms with Gasteiger partial charge in [-0.25, -0.2) is 0 Å². The van der Waals surface area contributed by atoms with Gasteiger partial charge in [-0.2, -0.15) is 0 Å². The summed E-state index contributed by atoms with van der Waals surface area (Å²) in [6, 6.07) is 5.74. The van der Waals surface area contributed by atoms with Gasteiger partial charge in [-0.15, -0.1) is 11.3 Å². The number of hydrogen-bond acceptors (Lipinski definition) is 3. The number of carbonyl (C=O) groups is 1. The van der Waals surface area contributed by atoms with Crippen molar-refractivity contribution in [3.8, 4) is 0 Å². The molecule has 0 unspecified atom stereocenters. The van der Waals surface area contributed by atoms with E-state index in [1.807, 2.05) is 25.1 Å². The molecule has 1 N–H and O–H groups in total. The van der Waals surface area contributed by atoms with Crippen LogP contribution in [0.3, 0.4) is 0 Å². The third-order valence-corrected chi connectivity index (χ3v) is 3.59. The number of fused-ring (bicyclic) bond motifs is 1. The topological polar surface area (TPSA) is 42.0 Å². The van der Waals surface area contributed by atoms with Crippen LogP contribution in [-0.2, 0) is 4.79 Å². The molecule has 0 spiro atoms. The predicted octanol–water partition coefficient (Wildman–Crippen LogP) is 2.94. The van der Waals surface area contributed by atoms with Gasteiger partial charge in [-0.05, 0) is 42.1 Å². The summed E-state index contributed by atoms with van der Waals surface area (Å²) in [5, 5.41) is 4.88. The van der Waals surface area contributed by atoms with Crippen molar-refractivity contribution >= 4 is 34.6 Å². The highest BCUT2D eigenvalue weighted by Crippen LogP contribution is 2.31. The monoisotopic (exact) mass is 242 g/mol. The number of carbonyl (C=O) groups excluding carboxylic acids is 1. The molecular formula is C13H10N2OS. The number of aromatic nitrogens is 1. The van der Waals surface area contributed by atoms with Crippen molar-refractivity contribution in [3.63, 3.8) is 0 Å². The second-order valence-corrected chi connectivity index (χ2v) is 4.88. The Balaban J connectivity index is 2.09. The quantitative estimate of drug-likeness (QED) is 0.781. The first kappa shape index (κ1) is 10.2. The Labute approximate surface area is 103 Å². The van der Waals surface area contributed by atoms with Crippen molar-refractivity contribution < 1.29 is 4.79 Å². The van der Waals surface area contributed by atoms with Crippen LogP contribution >= 0.6 is 11.3 Å². The zero-order chi connectivity index (χ0) is 11.8. The van der Waals surface area contributed by atoms with Gasteiger partial charge in [0.1, 0.15) is 0 Å². The van der Waals surface area contributed by atoms with E-state index >= 15 is 0 Å². The molecule has 84 valence electrons. The zero-order valence-corrected chi connectivity index (χ0v) is 10.0. The first-order valence-corrected chi connectivity index (χ1v) is 6.15. The summed E-state index contributed by atoms with van der Waals surface area (Å²) >= 11 is 1.63. The number of thiophene rings is 1. The number of amides is 1. The Kier molecular flexibility index (Phi) is 2.30. The van der Waals surface area contributed by atoms with E-state index in [9.17, 15) is 4.79 Å². The van der Waals surface area contributed by atoms with Crippen LogP contribution in [0.5, 0.6) is 0 Å². The van der Waals surface area contributed by atoms with Gasteiger partial charge in [-0.1, -0.05) is 0 Å². The molecule has 0 bridgehead atoms.